The first kappa shape index (κ1) is 20.0. The van der Waals surface area contributed by atoms with Crippen molar-refractivity contribution in [1.29, 1.82) is 0 Å². The lowest BCUT2D eigenvalue weighted by Gasteiger charge is -2.47. The van der Waals surface area contributed by atoms with Crippen LogP contribution in [0.1, 0.15) is 46.0 Å². The van der Waals surface area contributed by atoms with E-state index in [2.05, 4.69) is 17.3 Å². The highest BCUT2D eigenvalue weighted by molar-refractivity contribution is 5.85. The molecule has 2 bridgehead atoms. The van der Waals surface area contributed by atoms with E-state index in [0.29, 0.717) is 24.7 Å². The van der Waals surface area contributed by atoms with Gasteiger partial charge in [-0.2, -0.15) is 0 Å². The van der Waals surface area contributed by atoms with E-state index >= 15 is 0 Å². The number of hydrogen-bond donors (Lipinski definition) is 2. The predicted octanol–water partition coefficient (Wildman–Crippen LogP) is 1.95. The molecule has 2 aliphatic heterocycles. The first-order valence-electron chi connectivity index (χ1n) is 7.17. The molecule has 0 saturated carbocycles. The average molecular weight is 326 g/mol. The van der Waals surface area contributed by atoms with Gasteiger partial charge in [-0.25, -0.2) is 0 Å². The molecule has 4 nitrogen and oxygen atoms in total. The van der Waals surface area contributed by atoms with E-state index in [9.17, 15) is 4.79 Å². The minimum atomic E-state index is -0.446. The molecule has 2 atom stereocenters. The zero-order valence-electron chi connectivity index (χ0n) is 12.7. The summed E-state index contributed by atoms with van der Waals surface area (Å²) in [5.41, 5.74) is 5.21. The van der Waals surface area contributed by atoms with E-state index in [0.717, 1.165) is 12.8 Å². The van der Waals surface area contributed by atoms with Crippen molar-refractivity contribution in [3.8, 4) is 0 Å². The van der Waals surface area contributed by atoms with Gasteiger partial charge in [-0.05, 0) is 46.6 Å². The van der Waals surface area contributed by atoms with Gasteiger partial charge >= 0.3 is 0 Å². The number of carbonyl (C=O) groups is 1. The van der Waals surface area contributed by atoms with Crippen molar-refractivity contribution in [3.05, 3.63) is 0 Å². The van der Waals surface area contributed by atoms with Gasteiger partial charge < -0.3 is 16.0 Å². The van der Waals surface area contributed by atoms with E-state index in [1.807, 2.05) is 13.8 Å². The van der Waals surface area contributed by atoms with E-state index < -0.39 is 5.41 Å². The number of hydrogen-bond acceptors (Lipinski definition) is 3. The Kier molecular flexibility index (Phi) is 7.82. The van der Waals surface area contributed by atoms with E-state index in [1.54, 1.807) is 0 Å². The van der Waals surface area contributed by atoms with E-state index in [4.69, 9.17) is 5.73 Å². The monoisotopic (exact) mass is 325 g/mol. The molecule has 20 heavy (non-hydrogen) atoms. The lowest BCUT2D eigenvalue weighted by molar-refractivity contribution is -0.130. The quantitative estimate of drug-likeness (QED) is 0.833. The average Bonchev–Trinajstić information content (AvgIpc) is 2.30. The van der Waals surface area contributed by atoms with Crippen LogP contribution in [-0.2, 0) is 4.79 Å². The minimum Gasteiger partial charge on any atom is -0.353 e. The van der Waals surface area contributed by atoms with Gasteiger partial charge in [0.2, 0.25) is 5.91 Å². The molecule has 0 aromatic heterocycles. The van der Waals surface area contributed by atoms with Gasteiger partial charge in [0, 0.05) is 24.7 Å². The fourth-order valence-corrected chi connectivity index (χ4v) is 3.21. The predicted molar refractivity (Wildman–Crippen MR) is 87.7 cm³/mol. The van der Waals surface area contributed by atoms with Crippen LogP contribution in [0.15, 0.2) is 0 Å². The zero-order chi connectivity index (χ0) is 13.3. The van der Waals surface area contributed by atoms with Crippen molar-refractivity contribution >= 4 is 30.7 Å². The Morgan fingerprint density at radius 3 is 2.20 bits per heavy atom. The Morgan fingerprint density at radius 1 is 1.25 bits per heavy atom. The number of amides is 1. The highest BCUT2D eigenvalue weighted by atomic mass is 35.5. The van der Waals surface area contributed by atoms with Crippen molar-refractivity contribution in [3.63, 3.8) is 0 Å². The number of piperidine rings is 2. The lowest BCUT2D eigenvalue weighted by Crippen LogP contribution is -2.57. The maximum Gasteiger partial charge on any atom is 0.227 e. The molecule has 0 aromatic carbocycles. The lowest BCUT2D eigenvalue weighted by atomic mass is 9.81. The zero-order valence-corrected chi connectivity index (χ0v) is 14.4. The number of carbonyl (C=O) groups excluding carboxylic acids is 1. The van der Waals surface area contributed by atoms with Gasteiger partial charge in [-0.15, -0.1) is 24.8 Å². The Bertz CT molecular complexity index is 312. The fraction of sp³-hybridized carbons (Fsp3) is 0.929. The van der Waals surface area contributed by atoms with Crippen molar-refractivity contribution in [2.45, 2.75) is 64.1 Å². The standard InChI is InChI=1S/C14H27N3O.2ClH/c1-14(2,9-15)13(18)16-10-7-11-5-4-6-12(8-10)17(11)3;;/h10-12H,4-9,15H2,1-3H3,(H,16,18);2*1H. The van der Waals surface area contributed by atoms with Gasteiger partial charge in [-0.1, -0.05) is 6.42 Å². The first-order chi connectivity index (χ1) is 8.44. The molecule has 2 rings (SSSR count). The Morgan fingerprint density at radius 2 is 1.75 bits per heavy atom. The summed E-state index contributed by atoms with van der Waals surface area (Å²) in [6.45, 7) is 4.23. The van der Waals surface area contributed by atoms with Crippen LogP contribution in [0, 0.1) is 5.41 Å². The van der Waals surface area contributed by atoms with Gasteiger partial charge in [0.25, 0.3) is 0 Å². The summed E-state index contributed by atoms with van der Waals surface area (Å²) in [6, 6.07) is 1.66. The van der Waals surface area contributed by atoms with Crippen LogP contribution in [0.4, 0.5) is 0 Å². The molecule has 0 aliphatic carbocycles. The Balaban J connectivity index is 0.00000180. The van der Waals surface area contributed by atoms with E-state index in [1.165, 1.54) is 19.3 Å². The third-order valence-electron chi connectivity index (χ3n) is 4.80. The molecule has 1 amide bonds. The van der Waals surface area contributed by atoms with Crippen LogP contribution in [0.2, 0.25) is 0 Å². The normalized spacial score (nSPS) is 29.9. The fourth-order valence-electron chi connectivity index (χ4n) is 3.21. The van der Waals surface area contributed by atoms with Gasteiger partial charge in [0.15, 0.2) is 0 Å². The van der Waals surface area contributed by atoms with Crippen molar-refractivity contribution in [2.75, 3.05) is 13.6 Å². The van der Waals surface area contributed by atoms with Gasteiger partial charge in [0.05, 0.1) is 5.41 Å². The minimum absolute atomic E-state index is 0. The summed E-state index contributed by atoms with van der Waals surface area (Å²) < 4.78 is 0. The van der Waals surface area contributed by atoms with Crippen molar-refractivity contribution in [1.82, 2.24) is 10.2 Å². The number of halogens is 2. The maximum atomic E-state index is 12.2. The SMILES string of the molecule is CN1C2CCCC1CC(NC(=O)C(C)(C)CN)C2.Cl.Cl. The summed E-state index contributed by atoms with van der Waals surface area (Å²) in [5, 5.41) is 3.21. The molecule has 2 fully saturated rings. The molecule has 2 heterocycles. The first-order valence-corrected chi connectivity index (χ1v) is 7.17. The van der Waals surface area contributed by atoms with Crippen LogP contribution in [0.5, 0.6) is 0 Å². The number of nitrogens with one attached hydrogen (secondary N) is 1. The smallest absolute Gasteiger partial charge is 0.227 e. The van der Waals surface area contributed by atoms with E-state index in [-0.39, 0.29) is 30.7 Å². The largest absolute Gasteiger partial charge is 0.353 e. The Labute approximate surface area is 135 Å². The molecule has 6 heteroatoms. The number of nitrogens with zero attached hydrogens (tertiary/aromatic N) is 1. The maximum absolute atomic E-state index is 12.2. The summed E-state index contributed by atoms with van der Waals surface area (Å²) in [4.78, 5) is 14.7. The molecule has 0 radical (unpaired) electrons. The number of nitrogens with two attached hydrogens (primary N) is 1. The number of fused-ring (bicyclic) bond motifs is 2. The highest BCUT2D eigenvalue weighted by Gasteiger charge is 2.37. The molecule has 2 unspecified atom stereocenters. The van der Waals surface area contributed by atoms with Crippen LogP contribution in [0.3, 0.4) is 0 Å². The van der Waals surface area contributed by atoms with Crippen molar-refractivity contribution < 1.29 is 4.79 Å². The van der Waals surface area contributed by atoms with Gasteiger partial charge in [-0.3, -0.25) is 4.79 Å². The third-order valence-corrected chi connectivity index (χ3v) is 4.80. The molecule has 3 N–H and O–H groups in total. The molecule has 0 aromatic rings. The van der Waals surface area contributed by atoms with Crippen LogP contribution in [-0.4, -0.2) is 42.5 Å². The molecular weight excluding hydrogens is 297 g/mol. The second-order valence-electron chi connectivity index (χ2n) is 6.63. The topological polar surface area (TPSA) is 58.4 Å². The third kappa shape index (κ3) is 4.23. The second-order valence-corrected chi connectivity index (χ2v) is 6.63. The molecule has 2 saturated heterocycles. The second kappa shape index (κ2) is 7.83. The summed E-state index contributed by atoms with van der Waals surface area (Å²) >= 11 is 0. The van der Waals surface area contributed by atoms with Crippen molar-refractivity contribution in [2.24, 2.45) is 11.1 Å². The van der Waals surface area contributed by atoms with Crippen LogP contribution < -0.4 is 11.1 Å². The van der Waals surface area contributed by atoms with Crippen LogP contribution >= 0.6 is 24.8 Å². The van der Waals surface area contributed by atoms with Crippen LogP contribution in [0.25, 0.3) is 0 Å². The number of rotatable bonds is 3. The van der Waals surface area contributed by atoms with Gasteiger partial charge in [0.1, 0.15) is 0 Å². The summed E-state index contributed by atoms with van der Waals surface area (Å²) in [7, 11) is 2.23. The summed E-state index contributed by atoms with van der Waals surface area (Å²) in [6.07, 6.45) is 6.09. The highest BCUT2D eigenvalue weighted by Crippen LogP contribution is 2.32. The Hall–Kier alpha value is -0.0300. The molecule has 120 valence electrons. The molecule has 2 aliphatic rings. The molecular formula is C14H29Cl2N3O. The molecule has 0 spiro atoms. The summed E-state index contributed by atoms with van der Waals surface area (Å²) in [5.74, 6) is 0.109.